The summed E-state index contributed by atoms with van der Waals surface area (Å²) < 4.78 is 9.83. The third-order valence-corrected chi connectivity index (χ3v) is 3.60. The van der Waals surface area contributed by atoms with Gasteiger partial charge in [0.05, 0.1) is 12.0 Å². The molecule has 2 heterocycles. The number of carbonyl (C=O) groups excluding carboxylic acids is 3. The van der Waals surface area contributed by atoms with Crippen LogP contribution in [0.25, 0.3) is 0 Å². The third-order valence-electron chi connectivity index (χ3n) is 3.60. The summed E-state index contributed by atoms with van der Waals surface area (Å²) in [5, 5.41) is 0. The number of Topliss-reactive ketones (excluding diaryl/α,β-unsaturated/α-hetero) is 1. The topological polar surface area (TPSA) is 69.7 Å². The van der Waals surface area contributed by atoms with E-state index in [0.717, 1.165) is 12.8 Å². The van der Waals surface area contributed by atoms with E-state index in [9.17, 15) is 14.4 Å². The molecular formula is C12H16O5. The maximum atomic E-state index is 11.8. The number of fused-ring (bicyclic) bond motifs is 3. The molecule has 17 heavy (non-hydrogen) atoms. The summed E-state index contributed by atoms with van der Waals surface area (Å²) in [6, 6.07) is 0. The Morgan fingerprint density at radius 1 is 1.41 bits per heavy atom. The van der Waals surface area contributed by atoms with Gasteiger partial charge in [0.25, 0.3) is 0 Å². The van der Waals surface area contributed by atoms with Gasteiger partial charge in [0.2, 0.25) is 5.78 Å². The van der Waals surface area contributed by atoms with Crippen LogP contribution in [-0.2, 0) is 23.9 Å². The largest absolute Gasteiger partial charge is 0.462 e. The predicted octanol–water partition coefficient (Wildman–Crippen LogP) is 0.994. The molecule has 0 radical (unpaired) electrons. The van der Waals surface area contributed by atoms with Crippen LogP contribution >= 0.6 is 0 Å². The van der Waals surface area contributed by atoms with E-state index in [4.69, 9.17) is 4.74 Å². The standard InChI is InChI=1S/C12H16O5/c1-2-16-10(14)9(13)7-12-5-3-8(4-6-12)17-11(12)15/h8H,2-7H2,1H3. The van der Waals surface area contributed by atoms with Crippen molar-refractivity contribution in [2.45, 2.75) is 45.1 Å². The predicted molar refractivity (Wildman–Crippen MR) is 57.0 cm³/mol. The van der Waals surface area contributed by atoms with Crippen LogP contribution in [0.5, 0.6) is 0 Å². The molecule has 3 aliphatic rings. The maximum absolute atomic E-state index is 11.8. The Hall–Kier alpha value is -1.39. The van der Waals surface area contributed by atoms with Crippen molar-refractivity contribution >= 4 is 17.7 Å². The average molecular weight is 240 g/mol. The number of carbonyl (C=O) groups is 3. The summed E-state index contributed by atoms with van der Waals surface area (Å²) in [5.41, 5.74) is -0.765. The lowest BCUT2D eigenvalue weighted by Gasteiger charge is -2.43. The number of esters is 2. The van der Waals surface area contributed by atoms with Crippen molar-refractivity contribution in [1.29, 1.82) is 0 Å². The lowest BCUT2D eigenvalue weighted by atomic mass is 9.68. The highest BCUT2D eigenvalue weighted by molar-refractivity contribution is 6.34. The van der Waals surface area contributed by atoms with Crippen LogP contribution < -0.4 is 0 Å². The summed E-state index contributed by atoms with van der Waals surface area (Å²) in [5.74, 6) is -1.79. The smallest absolute Gasteiger partial charge is 0.374 e. The molecule has 2 aliphatic heterocycles. The maximum Gasteiger partial charge on any atom is 0.374 e. The van der Waals surface area contributed by atoms with Crippen LogP contribution in [0.4, 0.5) is 0 Å². The molecule has 0 amide bonds. The third kappa shape index (κ3) is 2.18. The molecule has 0 unspecified atom stereocenters. The van der Waals surface area contributed by atoms with E-state index in [1.807, 2.05) is 0 Å². The van der Waals surface area contributed by atoms with Crippen LogP contribution in [0.3, 0.4) is 0 Å². The van der Waals surface area contributed by atoms with E-state index in [1.54, 1.807) is 6.92 Å². The quantitative estimate of drug-likeness (QED) is 0.541. The normalized spacial score (nSPS) is 30.9. The number of rotatable bonds is 4. The first kappa shape index (κ1) is 12.1. The number of hydrogen-bond donors (Lipinski definition) is 0. The van der Waals surface area contributed by atoms with E-state index in [-0.39, 0.29) is 25.1 Å². The Kier molecular flexibility index (Phi) is 3.17. The van der Waals surface area contributed by atoms with Crippen LogP contribution in [0, 0.1) is 5.41 Å². The first-order chi connectivity index (χ1) is 8.07. The molecule has 0 aromatic heterocycles. The minimum atomic E-state index is -0.845. The van der Waals surface area contributed by atoms with Gasteiger partial charge in [0, 0.05) is 6.42 Å². The summed E-state index contributed by atoms with van der Waals surface area (Å²) in [4.78, 5) is 34.7. The van der Waals surface area contributed by atoms with Crippen LogP contribution in [-0.4, -0.2) is 30.4 Å². The van der Waals surface area contributed by atoms with E-state index >= 15 is 0 Å². The minimum absolute atomic E-state index is 0.0158. The van der Waals surface area contributed by atoms with Crippen molar-refractivity contribution in [2.75, 3.05) is 6.61 Å². The second kappa shape index (κ2) is 4.47. The first-order valence-electron chi connectivity index (χ1n) is 5.98. The Labute approximate surface area is 99.5 Å². The molecular weight excluding hydrogens is 224 g/mol. The van der Waals surface area contributed by atoms with Gasteiger partial charge in [0.1, 0.15) is 6.10 Å². The van der Waals surface area contributed by atoms with Crippen molar-refractivity contribution < 1.29 is 23.9 Å². The number of ketones is 1. The molecule has 0 aromatic rings. The minimum Gasteiger partial charge on any atom is -0.462 e. The van der Waals surface area contributed by atoms with E-state index in [0.29, 0.717) is 12.8 Å². The van der Waals surface area contributed by atoms with E-state index < -0.39 is 17.2 Å². The summed E-state index contributed by atoms with van der Waals surface area (Å²) in [7, 11) is 0. The average Bonchev–Trinajstić information content (AvgIpc) is 2.31. The SMILES string of the molecule is CCOC(=O)C(=O)CC12CCC(CC1)OC2=O. The molecule has 0 N–H and O–H groups in total. The zero-order valence-corrected chi connectivity index (χ0v) is 9.86. The monoisotopic (exact) mass is 240 g/mol. The summed E-state index contributed by atoms with van der Waals surface area (Å²) >= 11 is 0. The van der Waals surface area contributed by atoms with Gasteiger partial charge < -0.3 is 9.47 Å². The Morgan fingerprint density at radius 3 is 2.59 bits per heavy atom. The van der Waals surface area contributed by atoms with Crippen molar-refractivity contribution in [2.24, 2.45) is 5.41 Å². The Morgan fingerprint density at radius 2 is 2.06 bits per heavy atom. The molecule has 2 bridgehead atoms. The van der Waals surface area contributed by atoms with Crippen molar-refractivity contribution in [1.82, 2.24) is 0 Å². The van der Waals surface area contributed by atoms with Crippen molar-refractivity contribution in [3.8, 4) is 0 Å². The second-order valence-electron chi connectivity index (χ2n) is 4.71. The van der Waals surface area contributed by atoms with Gasteiger partial charge in [-0.2, -0.15) is 0 Å². The molecule has 1 aliphatic carbocycles. The first-order valence-corrected chi connectivity index (χ1v) is 5.98. The summed E-state index contributed by atoms with van der Waals surface area (Å²) in [6.07, 6.45) is 2.81. The fourth-order valence-corrected chi connectivity index (χ4v) is 2.58. The zero-order chi connectivity index (χ0) is 12.5. The number of hydrogen-bond acceptors (Lipinski definition) is 5. The van der Waals surface area contributed by atoms with Gasteiger partial charge in [0.15, 0.2) is 0 Å². The highest BCUT2D eigenvalue weighted by atomic mass is 16.5. The summed E-state index contributed by atoms with van der Waals surface area (Å²) in [6.45, 7) is 1.81. The molecule has 5 heteroatoms. The van der Waals surface area contributed by atoms with Gasteiger partial charge in [-0.3, -0.25) is 9.59 Å². The fraction of sp³-hybridized carbons (Fsp3) is 0.750. The molecule has 94 valence electrons. The number of ether oxygens (including phenoxy) is 2. The molecule has 0 aromatic carbocycles. The van der Waals surface area contributed by atoms with Gasteiger partial charge in [-0.15, -0.1) is 0 Å². The van der Waals surface area contributed by atoms with Gasteiger partial charge in [-0.1, -0.05) is 0 Å². The van der Waals surface area contributed by atoms with Crippen LogP contribution in [0.2, 0.25) is 0 Å². The van der Waals surface area contributed by atoms with Crippen LogP contribution in [0.15, 0.2) is 0 Å². The van der Waals surface area contributed by atoms with E-state index in [1.165, 1.54) is 0 Å². The fourth-order valence-electron chi connectivity index (χ4n) is 2.58. The Balaban J connectivity index is 2.03. The molecule has 1 saturated carbocycles. The zero-order valence-electron chi connectivity index (χ0n) is 9.86. The molecule has 0 spiro atoms. The van der Waals surface area contributed by atoms with Gasteiger partial charge >= 0.3 is 11.9 Å². The second-order valence-corrected chi connectivity index (χ2v) is 4.71. The molecule has 5 nitrogen and oxygen atoms in total. The van der Waals surface area contributed by atoms with Crippen molar-refractivity contribution in [3.63, 3.8) is 0 Å². The molecule has 3 rings (SSSR count). The molecule has 2 saturated heterocycles. The Bertz CT molecular complexity index is 352. The van der Waals surface area contributed by atoms with E-state index in [2.05, 4.69) is 4.74 Å². The lowest BCUT2D eigenvalue weighted by molar-refractivity contribution is -0.184. The lowest BCUT2D eigenvalue weighted by Crippen LogP contribution is -2.48. The van der Waals surface area contributed by atoms with Gasteiger partial charge in [-0.25, -0.2) is 4.79 Å². The molecule has 3 fully saturated rings. The van der Waals surface area contributed by atoms with Crippen molar-refractivity contribution in [3.05, 3.63) is 0 Å². The van der Waals surface area contributed by atoms with Gasteiger partial charge in [-0.05, 0) is 32.6 Å². The highest BCUT2D eigenvalue weighted by Gasteiger charge is 2.51. The highest BCUT2D eigenvalue weighted by Crippen LogP contribution is 2.46. The van der Waals surface area contributed by atoms with Crippen LogP contribution in [0.1, 0.15) is 39.0 Å². The molecule has 0 atom stereocenters.